The minimum Gasteiger partial charge on any atom is -0.346 e. The van der Waals surface area contributed by atoms with E-state index in [0.29, 0.717) is 24.0 Å². The number of hydrogen-bond acceptors (Lipinski definition) is 5. The zero-order valence-corrected chi connectivity index (χ0v) is 12.4. The smallest absolute Gasteiger partial charge is 0.334 e. The van der Waals surface area contributed by atoms with Gasteiger partial charge in [-0.05, 0) is 12.8 Å². The third kappa shape index (κ3) is 2.63. The molecule has 7 heteroatoms. The lowest BCUT2D eigenvalue weighted by Gasteiger charge is -2.38. The van der Waals surface area contributed by atoms with Crippen LogP contribution in [0, 0.1) is 10.1 Å². The van der Waals surface area contributed by atoms with Crippen molar-refractivity contribution in [2.24, 2.45) is 7.05 Å². The van der Waals surface area contributed by atoms with E-state index < -0.39 is 0 Å². The fourth-order valence-electron chi connectivity index (χ4n) is 2.67. The highest BCUT2D eigenvalue weighted by Gasteiger charge is 2.34. The lowest BCUT2D eigenvalue weighted by Crippen LogP contribution is -2.58. The first-order valence-corrected chi connectivity index (χ1v) is 7.27. The van der Waals surface area contributed by atoms with Crippen LogP contribution in [0.2, 0.25) is 0 Å². The van der Waals surface area contributed by atoms with Gasteiger partial charge < -0.3 is 10.2 Å². The lowest BCUT2D eigenvalue weighted by atomic mass is 10.1. The van der Waals surface area contributed by atoms with Crippen LogP contribution in [0.3, 0.4) is 0 Å². The highest BCUT2D eigenvalue weighted by Crippen LogP contribution is 2.34. The predicted octanol–water partition coefficient (Wildman–Crippen LogP) is 1.47. The van der Waals surface area contributed by atoms with Gasteiger partial charge in [0.25, 0.3) is 0 Å². The van der Waals surface area contributed by atoms with Crippen molar-refractivity contribution in [2.45, 2.75) is 39.2 Å². The first kappa shape index (κ1) is 14.8. The molecule has 0 aliphatic carbocycles. The molecule has 2 heterocycles. The molecule has 1 saturated heterocycles. The molecule has 2 rings (SSSR count). The van der Waals surface area contributed by atoms with E-state index in [4.69, 9.17) is 0 Å². The summed E-state index contributed by atoms with van der Waals surface area (Å²) < 4.78 is 1.68. The number of rotatable bonds is 7. The van der Waals surface area contributed by atoms with Crippen molar-refractivity contribution in [3.05, 3.63) is 15.8 Å². The number of nitrogens with one attached hydrogen (secondary N) is 1. The second kappa shape index (κ2) is 6.21. The molecule has 1 fully saturated rings. The maximum Gasteiger partial charge on any atom is 0.334 e. The monoisotopic (exact) mass is 281 g/mol. The van der Waals surface area contributed by atoms with E-state index in [1.54, 1.807) is 11.7 Å². The summed E-state index contributed by atoms with van der Waals surface area (Å²) in [6.45, 7) is 6.68. The molecule has 20 heavy (non-hydrogen) atoms. The number of nitrogens with zero attached hydrogens (tertiary/aromatic N) is 4. The summed E-state index contributed by atoms with van der Waals surface area (Å²) in [6, 6.07) is 0.332. The van der Waals surface area contributed by atoms with Crippen LogP contribution < -0.4 is 10.2 Å². The van der Waals surface area contributed by atoms with Crippen molar-refractivity contribution in [3.8, 4) is 0 Å². The summed E-state index contributed by atoms with van der Waals surface area (Å²) in [5.74, 6) is 0.659. The molecule has 1 aliphatic rings. The van der Waals surface area contributed by atoms with Crippen molar-refractivity contribution >= 4 is 11.5 Å². The molecule has 112 valence electrons. The lowest BCUT2D eigenvalue weighted by molar-refractivity contribution is -0.384. The third-order valence-electron chi connectivity index (χ3n) is 3.67. The number of aromatic nitrogens is 2. The first-order chi connectivity index (χ1) is 9.60. The Labute approximate surface area is 119 Å². The zero-order valence-electron chi connectivity index (χ0n) is 12.4. The van der Waals surface area contributed by atoms with Crippen molar-refractivity contribution in [1.29, 1.82) is 0 Å². The van der Waals surface area contributed by atoms with Crippen LogP contribution in [0.4, 0.5) is 11.5 Å². The van der Waals surface area contributed by atoms with Gasteiger partial charge in [-0.15, -0.1) is 0 Å². The summed E-state index contributed by atoms with van der Waals surface area (Å²) in [5, 5.41) is 19.1. The van der Waals surface area contributed by atoms with E-state index in [1.807, 2.05) is 6.92 Å². The maximum absolute atomic E-state index is 11.5. The quantitative estimate of drug-likeness (QED) is 0.605. The molecule has 0 saturated carbocycles. The summed E-state index contributed by atoms with van der Waals surface area (Å²) in [5.41, 5.74) is 0.790. The Morgan fingerprint density at radius 1 is 1.45 bits per heavy atom. The Morgan fingerprint density at radius 2 is 2.15 bits per heavy atom. The van der Waals surface area contributed by atoms with Crippen molar-refractivity contribution in [1.82, 2.24) is 15.1 Å². The highest BCUT2D eigenvalue weighted by atomic mass is 16.6. The van der Waals surface area contributed by atoms with E-state index in [-0.39, 0.29) is 10.6 Å². The summed E-state index contributed by atoms with van der Waals surface area (Å²) in [7, 11) is 1.80. The standard InChI is InChI=1S/C13H23N5O2/c1-4-6-11-12(18(19)20)13(16(3)15-11)17(7-5-2)10-8-14-9-10/h10,14H,4-9H2,1-3H3. The average molecular weight is 281 g/mol. The van der Waals surface area contributed by atoms with E-state index in [1.165, 1.54) is 0 Å². The maximum atomic E-state index is 11.5. The van der Waals surface area contributed by atoms with Crippen LogP contribution in [0.1, 0.15) is 32.4 Å². The molecule has 0 atom stereocenters. The molecule has 1 aromatic rings. The second-order valence-corrected chi connectivity index (χ2v) is 5.26. The molecule has 0 amide bonds. The van der Waals surface area contributed by atoms with Gasteiger partial charge in [0.2, 0.25) is 5.82 Å². The first-order valence-electron chi connectivity index (χ1n) is 7.27. The Bertz CT molecular complexity index is 481. The van der Waals surface area contributed by atoms with E-state index in [9.17, 15) is 10.1 Å². The normalized spacial score (nSPS) is 15.2. The largest absolute Gasteiger partial charge is 0.346 e. The van der Waals surface area contributed by atoms with Gasteiger partial charge in [-0.3, -0.25) is 10.1 Å². The van der Waals surface area contributed by atoms with Gasteiger partial charge in [0.05, 0.1) is 11.0 Å². The second-order valence-electron chi connectivity index (χ2n) is 5.26. The molecule has 0 spiro atoms. The molecule has 0 radical (unpaired) electrons. The van der Waals surface area contributed by atoms with Crippen molar-refractivity contribution in [3.63, 3.8) is 0 Å². The SMILES string of the molecule is CCCc1nn(C)c(N(CCC)C2CNC2)c1[N+](=O)[O-]. The summed E-state index contributed by atoms with van der Waals surface area (Å²) in [4.78, 5) is 13.3. The third-order valence-corrected chi connectivity index (χ3v) is 3.67. The van der Waals surface area contributed by atoms with Crippen LogP contribution in [0.5, 0.6) is 0 Å². The highest BCUT2D eigenvalue weighted by molar-refractivity contribution is 5.62. The molecular formula is C13H23N5O2. The van der Waals surface area contributed by atoms with Crippen molar-refractivity contribution in [2.75, 3.05) is 24.5 Å². The number of hydrogen-bond donors (Lipinski definition) is 1. The zero-order chi connectivity index (χ0) is 14.7. The summed E-state index contributed by atoms with van der Waals surface area (Å²) in [6.07, 6.45) is 2.46. The minimum absolute atomic E-state index is 0.190. The van der Waals surface area contributed by atoms with Crippen LogP contribution in [-0.4, -0.2) is 40.4 Å². The molecule has 1 N–H and O–H groups in total. The van der Waals surface area contributed by atoms with Crippen LogP contribution >= 0.6 is 0 Å². The number of nitro groups is 1. The Hall–Kier alpha value is -1.63. The number of anilines is 1. The Kier molecular flexibility index (Phi) is 4.59. The molecule has 7 nitrogen and oxygen atoms in total. The van der Waals surface area contributed by atoms with Gasteiger partial charge >= 0.3 is 5.69 Å². The van der Waals surface area contributed by atoms with E-state index in [2.05, 4.69) is 22.2 Å². The van der Waals surface area contributed by atoms with Gasteiger partial charge in [-0.1, -0.05) is 20.3 Å². The predicted molar refractivity (Wildman–Crippen MR) is 78.2 cm³/mol. The van der Waals surface area contributed by atoms with Gasteiger partial charge in [0.1, 0.15) is 5.69 Å². The van der Waals surface area contributed by atoms with Gasteiger partial charge in [0, 0.05) is 26.7 Å². The average Bonchev–Trinajstić information content (AvgIpc) is 2.63. The van der Waals surface area contributed by atoms with Crippen molar-refractivity contribution < 1.29 is 4.92 Å². The Balaban J connectivity index is 2.43. The molecule has 0 aromatic carbocycles. The fourth-order valence-corrected chi connectivity index (χ4v) is 2.67. The van der Waals surface area contributed by atoms with Gasteiger partial charge in [-0.25, -0.2) is 4.68 Å². The van der Waals surface area contributed by atoms with Crippen LogP contribution in [0.25, 0.3) is 0 Å². The van der Waals surface area contributed by atoms with Gasteiger partial charge in [-0.2, -0.15) is 5.10 Å². The minimum atomic E-state index is -0.276. The topological polar surface area (TPSA) is 76.2 Å². The molecule has 1 aromatic heterocycles. The van der Waals surface area contributed by atoms with Crippen LogP contribution in [0.15, 0.2) is 0 Å². The fraction of sp³-hybridized carbons (Fsp3) is 0.769. The molecule has 0 bridgehead atoms. The van der Waals surface area contributed by atoms with Crippen LogP contribution in [-0.2, 0) is 13.5 Å². The molecule has 0 unspecified atom stereocenters. The van der Waals surface area contributed by atoms with Gasteiger partial charge in [0.15, 0.2) is 0 Å². The number of aryl methyl sites for hydroxylation is 2. The van der Waals surface area contributed by atoms with E-state index >= 15 is 0 Å². The van der Waals surface area contributed by atoms with E-state index in [0.717, 1.165) is 32.5 Å². The molecular weight excluding hydrogens is 258 g/mol. The molecule has 1 aliphatic heterocycles. The summed E-state index contributed by atoms with van der Waals surface area (Å²) >= 11 is 0. The Morgan fingerprint density at radius 3 is 2.60 bits per heavy atom.